The topological polar surface area (TPSA) is 47.3 Å². The number of rotatable bonds is 4. The molecule has 0 saturated carbocycles. The normalized spacial score (nSPS) is 19.4. The molecule has 1 N–H and O–H groups in total. The molecule has 118 valence electrons. The maximum absolute atomic E-state index is 13.5. The number of aliphatic hydroxyl groups is 1. The standard InChI is InChI=1S/C19H19FN2O/c20-17-4-1-3-16(11-17)18-5-2-10-22(18)13-19(23)15-8-6-14(12-21)7-9-15/h1,3-4,6-9,11,18-19,23H,2,5,10,13H2. The zero-order chi connectivity index (χ0) is 16.2. The number of β-amino-alcohol motifs (C(OH)–C–C–N with tert-alkyl or cyclic N) is 1. The average molecular weight is 310 g/mol. The number of nitrogens with zero attached hydrogens (tertiary/aromatic N) is 2. The summed E-state index contributed by atoms with van der Waals surface area (Å²) < 4.78 is 13.5. The molecule has 0 bridgehead atoms. The Labute approximate surface area is 135 Å². The van der Waals surface area contributed by atoms with Crippen LogP contribution in [-0.4, -0.2) is 23.1 Å². The van der Waals surface area contributed by atoms with Crippen LogP contribution in [0.25, 0.3) is 0 Å². The van der Waals surface area contributed by atoms with Crippen LogP contribution in [0.15, 0.2) is 48.5 Å². The minimum Gasteiger partial charge on any atom is -0.387 e. The summed E-state index contributed by atoms with van der Waals surface area (Å²) in [5, 5.41) is 19.3. The van der Waals surface area contributed by atoms with Gasteiger partial charge in [-0.25, -0.2) is 4.39 Å². The highest BCUT2D eigenvalue weighted by Crippen LogP contribution is 2.33. The van der Waals surface area contributed by atoms with E-state index in [9.17, 15) is 9.50 Å². The number of halogens is 1. The van der Waals surface area contributed by atoms with Crippen LogP contribution >= 0.6 is 0 Å². The van der Waals surface area contributed by atoms with Gasteiger partial charge in [-0.2, -0.15) is 5.26 Å². The third-order valence-corrected chi connectivity index (χ3v) is 4.43. The fraction of sp³-hybridized carbons (Fsp3) is 0.316. The van der Waals surface area contributed by atoms with Gasteiger partial charge in [0.25, 0.3) is 0 Å². The molecule has 23 heavy (non-hydrogen) atoms. The van der Waals surface area contributed by atoms with E-state index in [-0.39, 0.29) is 11.9 Å². The SMILES string of the molecule is N#Cc1ccc(C(O)CN2CCCC2c2cccc(F)c2)cc1. The molecule has 2 unspecified atom stereocenters. The minimum absolute atomic E-state index is 0.152. The van der Waals surface area contributed by atoms with Crippen LogP contribution in [0.5, 0.6) is 0 Å². The molecule has 4 heteroatoms. The monoisotopic (exact) mass is 310 g/mol. The Morgan fingerprint density at radius 3 is 2.74 bits per heavy atom. The van der Waals surface area contributed by atoms with E-state index < -0.39 is 6.10 Å². The highest BCUT2D eigenvalue weighted by molar-refractivity contribution is 5.32. The second-order valence-corrected chi connectivity index (χ2v) is 5.96. The van der Waals surface area contributed by atoms with Crippen molar-refractivity contribution in [2.75, 3.05) is 13.1 Å². The molecule has 2 atom stereocenters. The van der Waals surface area contributed by atoms with Gasteiger partial charge in [0.1, 0.15) is 5.82 Å². The van der Waals surface area contributed by atoms with E-state index >= 15 is 0 Å². The van der Waals surface area contributed by atoms with Crippen molar-refractivity contribution in [2.24, 2.45) is 0 Å². The van der Waals surface area contributed by atoms with Crippen molar-refractivity contribution in [3.05, 3.63) is 71.0 Å². The molecule has 1 aliphatic rings. The average Bonchev–Trinajstić information content (AvgIpc) is 3.03. The summed E-state index contributed by atoms with van der Waals surface area (Å²) in [6.45, 7) is 1.40. The molecule has 1 heterocycles. The van der Waals surface area contributed by atoms with Gasteiger partial charge in [-0.15, -0.1) is 0 Å². The highest BCUT2D eigenvalue weighted by Gasteiger charge is 2.28. The maximum Gasteiger partial charge on any atom is 0.123 e. The van der Waals surface area contributed by atoms with Gasteiger partial charge < -0.3 is 5.11 Å². The number of benzene rings is 2. The summed E-state index contributed by atoms with van der Waals surface area (Å²) in [7, 11) is 0. The molecule has 3 nitrogen and oxygen atoms in total. The molecule has 0 aliphatic carbocycles. The minimum atomic E-state index is -0.614. The Morgan fingerprint density at radius 1 is 1.26 bits per heavy atom. The van der Waals surface area contributed by atoms with Crippen LogP contribution < -0.4 is 0 Å². The summed E-state index contributed by atoms with van der Waals surface area (Å²) in [6, 6.07) is 15.9. The second-order valence-electron chi connectivity index (χ2n) is 5.96. The van der Waals surface area contributed by atoms with Gasteiger partial charge in [0.05, 0.1) is 17.7 Å². The Hall–Kier alpha value is -2.22. The van der Waals surface area contributed by atoms with E-state index in [0.717, 1.165) is 30.5 Å². The quantitative estimate of drug-likeness (QED) is 0.939. The van der Waals surface area contributed by atoms with Gasteiger partial charge in [0, 0.05) is 12.6 Å². The Bertz CT molecular complexity index is 708. The largest absolute Gasteiger partial charge is 0.387 e. The maximum atomic E-state index is 13.5. The van der Waals surface area contributed by atoms with Crippen LogP contribution in [0.4, 0.5) is 4.39 Å². The molecule has 0 radical (unpaired) electrons. The lowest BCUT2D eigenvalue weighted by Gasteiger charge is -2.27. The third-order valence-electron chi connectivity index (χ3n) is 4.43. The number of hydrogen-bond acceptors (Lipinski definition) is 3. The number of nitriles is 1. The summed E-state index contributed by atoms with van der Waals surface area (Å²) in [6.07, 6.45) is 1.40. The Morgan fingerprint density at radius 2 is 2.04 bits per heavy atom. The van der Waals surface area contributed by atoms with Crippen LogP contribution in [0, 0.1) is 17.1 Å². The van der Waals surface area contributed by atoms with Crippen molar-refractivity contribution in [3.8, 4) is 6.07 Å². The Kier molecular flexibility index (Phi) is 4.71. The first kappa shape index (κ1) is 15.7. The highest BCUT2D eigenvalue weighted by atomic mass is 19.1. The molecular formula is C19H19FN2O. The predicted molar refractivity (Wildman–Crippen MR) is 86.1 cm³/mol. The smallest absolute Gasteiger partial charge is 0.123 e. The van der Waals surface area contributed by atoms with Crippen molar-refractivity contribution in [3.63, 3.8) is 0 Å². The van der Waals surface area contributed by atoms with E-state index in [2.05, 4.69) is 11.0 Å². The van der Waals surface area contributed by atoms with Crippen LogP contribution in [0.2, 0.25) is 0 Å². The van der Waals surface area contributed by atoms with E-state index in [4.69, 9.17) is 5.26 Å². The fourth-order valence-electron chi connectivity index (χ4n) is 3.24. The lowest BCUT2D eigenvalue weighted by molar-refractivity contribution is 0.106. The first-order chi connectivity index (χ1) is 11.2. The molecular weight excluding hydrogens is 291 g/mol. The molecule has 0 aromatic heterocycles. The van der Waals surface area contributed by atoms with Crippen LogP contribution in [0.1, 0.15) is 41.7 Å². The number of aliphatic hydroxyl groups excluding tert-OH is 1. The van der Waals surface area contributed by atoms with Gasteiger partial charge >= 0.3 is 0 Å². The summed E-state index contributed by atoms with van der Waals surface area (Å²) >= 11 is 0. The summed E-state index contributed by atoms with van der Waals surface area (Å²) in [5.41, 5.74) is 2.35. The first-order valence-electron chi connectivity index (χ1n) is 7.85. The zero-order valence-electron chi connectivity index (χ0n) is 12.8. The molecule has 1 fully saturated rings. The zero-order valence-corrected chi connectivity index (χ0v) is 12.8. The lowest BCUT2D eigenvalue weighted by atomic mass is 10.0. The van der Waals surface area contributed by atoms with Gasteiger partial charge in [-0.3, -0.25) is 4.90 Å². The summed E-state index contributed by atoms with van der Waals surface area (Å²) in [5.74, 6) is -0.220. The van der Waals surface area contributed by atoms with E-state index in [0.29, 0.717) is 12.1 Å². The van der Waals surface area contributed by atoms with E-state index in [1.54, 1.807) is 36.4 Å². The molecule has 2 aromatic rings. The third kappa shape index (κ3) is 3.58. The molecule has 3 rings (SSSR count). The van der Waals surface area contributed by atoms with Crippen LogP contribution in [0.3, 0.4) is 0 Å². The number of likely N-dealkylation sites (tertiary alicyclic amines) is 1. The molecule has 1 aliphatic heterocycles. The van der Waals surface area contributed by atoms with Gasteiger partial charge in [-0.05, 0) is 54.8 Å². The Balaban J connectivity index is 1.71. The molecule has 2 aromatic carbocycles. The molecule has 0 spiro atoms. The van der Waals surface area contributed by atoms with Crippen molar-refractivity contribution in [1.82, 2.24) is 4.90 Å². The fourth-order valence-corrected chi connectivity index (χ4v) is 3.24. The molecule has 1 saturated heterocycles. The second kappa shape index (κ2) is 6.91. The lowest BCUT2D eigenvalue weighted by Crippen LogP contribution is -2.28. The predicted octanol–water partition coefficient (Wildman–Crippen LogP) is 3.57. The van der Waals surface area contributed by atoms with E-state index in [1.165, 1.54) is 6.07 Å². The van der Waals surface area contributed by atoms with Crippen molar-refractivity contribution in [1.29, 1.82) is 5.26 Å². The van der Waals surface area contributed by atoms with Crippen LogP contribution in [-0.2, 0) is 0 Å². The summed E-state index contributed by atoms with van der Waals surface area (Å²) in [4.78, 5) is 2.21. The van der Waals surface area contributed by atoms with E-state index in [1.807, 2.05) is 6.07 Å². The van der Waals surface area contributed by atoms with Gasteiger partial charge in [0.2, 0.25) is 0 Å². The van der Waals surface area contributed by atoms with Crippen molar-refractivity contribution >= 4 is 0 Å². The van der Waals surface area contributed by atoms with Crippen molar-refractivity contribution < 1.29 is 9.50 Å². The first-order valence-corrected chi connectivity index (χ1v) is 7.85. The molecule has 0 amide bonds. The van der Waals surface area contributed by atoms with Crippen molar-refractivity contribution in [2.45, 2.75) is 25.0 Å². The van der Waals surface area contributed by atoms with Gasteiger partial charge in [-0.1, -0.05) is 24.3 Å². The number of hydrogen-bond donors (Lipinski definition) is 1. The van der Waals surface area contributed by atoms with Gasteiger partial charge in [0.15, 0.2) is 0 Å².